The summed E-state index contributed by atoms with van der Waals surface area (Å²) >= 11 is 5.95. The van der Waals surface area contributed by atoms with Crippen LogP contribution in [-0.4, -0.2) is 27.7 Å². The molecule has 0 saturated heterocycles. The Balaban J connectivity index is 2.46. The van der Waals surface area contributed by atoms with Crippen molar-refractivity contribution < 1.29 is 27.1 Å². The number of carbonyl (C=O) groups is 1. The van der Waals surface area contributed by atoms with Gasteiger partial charge in [0, 0.05) is 17.8 Å². The average molecular weight is 472 g/mol. The summed E-state index contributed by atoms with van der Waals surface area (Å²) < 4.78 is 63.0. The predicted octanol–water partition coefficient (Wildman–Crippen LogP) is 4.98. The molecule has 0 spiro atoms. The van der Waals surface area contributed by atoms with E-state index in [1.54, 1.807) is 20.8 Å². The Bertz CT molecular complexity index is 1300. The van der Waals surface area contributed by atoms with Gasteiger partial charge >= 0.3 is 5.97 Å². The van der Waals surface area contributed by atoms with Crippen LogP contribution in [0.25, 0.3) is 16.7 Å². The van der Waals surface area contributed by atoms with Crippen LogP contribution in [0.4, 0.5) is 23.4 Å². The van der Waals surface area contributed by atoms with Crippen LogP contribution in [-0.2, 0) is 4.74 Å². The molecule has 1 N–H and O–H groups in total. The molecular formula is C21H18ClF4N3O3. The van der Waals surface area contributed by atoms with Crippen LogP contribution in [0.5, 0.6) is 0 Å². The fourth-order valence-corrected chi connectivity index (χ4v) is 3.26. The van der Waals surface area contributed by atoms with Crippen molar-refractivity contribution in [3.63, 3.8) is 0 Å². The summed E-state index contributed by atoms with van der Waals surface area (Å²) in [6, 6.07) is 1.06. The molecule has 0 aliphatic heterocycles. The second-order valence-electron chi connectivity index (χ2n) is 7.84. The molecule has 0 fully saturated rings. The molecular weight excluding hydrogens is 454 g/mol. The maximum Gasteiger partial charge on any atom is 0.343 e. The number of benzene rings is 1. The van der Waals surface area contributed by atoms with Gasteiger partial charge in [0.05, 0.1) is 17.5 Å². The molecule has 0 bridgehead atoms. The molecule has 32 heavy (non-hydrogen) atoms. The first-order valence-electron chi connectivity index (χ1n) is 9.40. The van der Waals surface area contributed by atoms with E-state index >= 15 is 0 Å². The summed E-state index contributed by atoms with van der Waals surface area (Å²) in [5.41, 5.74) is -2.73. The predicted molar refractivity (Wildman–Crippen MR) is 112 cm³/mol. The Morgan fingerprint density at radius 3 is 2.41 bits per heavy atom. The molecule has 0 unspecified atom stereocenters. The topological polar surface area (TPSA) is 73.2 Å². The van der Waals surface area contributed by atoms with Gasteiger partial charge in [0.25, 0.3) is 0 Å². The summed E-state index contributed by atoms with van der Waals surface area (Å²) in [4.78, 5) is 29.0. The third kappa shape index (κ3) is 4.27. The normalized spacial score (nSPS) is 11.7. The lowest BCUT2D eigenvalue weighted by atomic mass is 10.1. The van der Waals surface area contributed by atoms with E-state index in [-0.39, 0.29) is 12.4 Å². The first-order chi connectivity index (χ1) is 14.9. The van der Waals surface area contributed by atoms with Crippen molar-refractivity contribution in [2.75, 3.05) is 11.9 Å². The zero-order valence-electron chi connectivity index (χ0n) is 17.4. The maximum absolute atomic E-state index is 14.8. The minimum atomic E-state index is -1.49. The number of nitrogens with zero attached hydrogens (tertiary/aromatic N) is 2. The van der Waals surface area contributed by atoms with Crippen molar-refractivity contribution in [3.05, 3.63) is 62.4 Å². The summed E-state index contributed by atoms with van der Waals surface area (Å²) in [5.74, 6) is -7.20. The van der Waals surface area contributed by atoms with E-state index in [0.717, 1.165) is 10.8 Å². The number of carbonyl (C=O) groups excluding carboxylic acids is 1. The van der Waals surface area contributed by atoms with Gasteiger partial charge in [0.15, 0.2) is 34.9 Å². The number of nitrogens with one attached hydrogen (secondary N) is 1. The molecule has 0 saturated carbocycles. The van der Waals surface area contributed by atoms with E-state index in [1.807, 2.05) is 0 Å². The monoisotopic (exact) mass is 471 g/mol. The van der Waals surface area contributed by atoms with Crippen molar-refractivity contribution in [2.24, 2.45) is 0 Å². The molecule has 170 valence electrons. The highest BCUT2D eigenvalue weighted by molar-refractivity contribution is 6.35. The molecule has 2 heterocycles. The summed E-state index contributed by atoms with van der Waals surface area (Å²) in [6.45, 7) is 6.53. The Labute approximate surface area is 184 Å². The minimum absolute atomic E-state index is 0.0857. The molecule has 0 atom stereocenters. The van der Waals surface area contributed by atoms with Crippen LogP contribution in [0.3, 0.4) is 0 Å². The zero-order valence-corrected chi connectivity index (χ0v) is 18.2. The third-order valence-corrected chi connectivity index (χ3v) is 4.60. The number of hydrogen-bond acceptors (Lipinski definition) is 5. The van der Waals surface area contributed by atoms with Crippen molar-refractivity contribution >= 4 is 34.3 Å². The van der Waals surface area contributed by atoms with E-state index in [1.165, 1.54) is 6.92 Å². The molecule has 0 aliphatic rings. The van der Waals surface area contributed by atoms with E-state index in [0.29, 0.717) is 12.1 Å². The lowest BCUT2D eigenvalue weighted by Gasteiger charge is -2.23. The van der Waals surface area contributed by atoms with Gasteiger partial charge in [0.1, 0.15) is 10.6 Å². The van der Waals surface area contributed by atoms with Gasteiger partial charge in [-0.3, -0.25) is 9.36 Å². The van der Waals surface area contributed by atoms with Crippen molar-refractivity contribution in [1.29, 1.82) is 0 Å². The fourth-order valence-electron chi connectivity index (χ4n) is 2.98. The van der Waals surface area contributed by atoms with Gasteiger partial charge in [-0.05, 0) is 33.8 Å². The summed E-state index contributed by atoms with van der Waals surface area (Å²) in [5, 5.41) is 1.39. The number of hydrogen-bond donors (Lipinski definition) is 1. The summed E-state index contributed by atoms with van der Waals surface area (Å²) in [6.07, 6.45) is 0.843. The second-order valence-corrected chi connectivity index (χ2v) is 8.22. The minimum Gasteiger partial charge on any atom is -0.462 e. The van der Waals surface area contributed by atoms with Crippen molar-refractivity contribution in [3.8, 4) is 5.82 Å². The molecule has 1 aromatic carbocycles. The van der Waals surface area contributed by atoms with Gasteiger partial charge < -0.3 is 10.1 Å². The average Bonchev–Trinajstić information content (AvgIpc) is 2.68. The van der Waals surface area contributed by atoms with Gasteiger partial charge in [-0.15, -0.1) is 0 Å². The Morgan fingerprint density at radius 2 is 1.81 bits per heavy atom. The molecule has 6 nitrogen and oxygen atoms in total. The molecule has 0 radical (unpaired) electrons. The second kappa shape index (κ2) is 8.42. The Hall–Kier alpha value is -3.14. The molecule has 0 aliphatic carbocycles. The number of fused-ring (bicyclic) bond motifs is 1. The van der Waals surface area contributed by atoms with Gasteiger partial charge in [0.2, 0.25) is 5.43 Å². The Kier molecular flexibility index (Phi) is 6.19. The molecule has 11 heteroatoms. The third-order valence-electron chi connectivity index (χ3n) is 4.25. The largest absolute Gasteiger partial charge is 0.462 e. The van der Waals surface area contributed by atoms with E-state index < -0.39 is 67.5 Å². The maximum atomic E-state index is 14.8. The van der Waals surface area contributed by atoms with Gasteiger partial charge in [-0.1, -0.05) is 11.6 Å². The molecule has 3 rings (SSSR count). The van der Waals surface area contributed by atoms with Crippen LogP contribution < -0.4 is 10.7 Å². The number of ether oxygens (including phenoxy) is 1. The molecule has 3 aromatic rings. The Morgan fingerprint density at radius 1 is 1.16 bits per heavy atom. The van der Waals surface area contributed by atoms with Crippen molar-refractivity contribution in [2.45, 2.75) is 33.2 Å². The van der Waals surface area contributed by atoms with Crippen LogP contribution in [0.15, 0.2) is 23.1 Å². The summed E-state index contributed by atoms with van der Waals surface area (Å²) in [7, 11) is 0. The van der Waals surface area contributed by atoms with Crippen molar-refractivity contribution in [1.82, 2.24) is 9.55 Å². The van der Waals surface area contributed by atoms with Crippen LogP contribution >= 0.6 is 11.6 Å². The number of aromatic nitrogens is 2. The molecule has 2 aromatic heterocycles. The van der Waals surface area contributed by atoms with E-state index in [4.69, 9.17) is 16.3 Å². The number of anilines is 1. The first kappa shape index (κ1) is 23.5. The van der Waals surface area contributed by atoms with Crippen LogP contribution in [0.1, 0.15) is 38.1 Å². The quantitative estimate of drug-likeness (QED) is 0.330. The lowest BCUT2D eigenvalue weighted by molar-refractivity contribution is 0.0524. The smallest absolute Gasteiger partial charge is 0.343 e. The SMILES string of the molecule is CCOC(=O)c1cn(-c2nc(NC(C)(C)C)c(F)cc2F)c2c(Cl)c(F)c(F)cc2c1=O. The standard InChI is InChI=1S/C21H18ClF4N3O3/c1-5-32-20(31)10-8-29(16-9(17(10)30)6-11(23)15(26)14(16)22)19-13(25)7-12(24)18(27-19)28-21(2,3)4/h6-8H,5H2,1-4H3,(H,27,28). The number of pyridine rings is 2. The van der Waals surface area contributed by atoms with Crippen LogP contribution in [0.2, 0.25) is 5.02 Å². The lowest BCUT2D eigenvalue weighted by Crippen LogP contribution is -2.28. The zero-order chi connectivity index (χ0) is 24.0. The highest BCUT2D eigenvalue weighted by atomic mass is 35.5. The fraction of sp³-hybridized carbons (Fsp3) is 0.286. The number of esters is 1. The first-order valence-corrected chi connectivity index (χ1v) is 9.78. The number of halogens is 5. The van der Waals surface area contributed by atoms with E-state index in [2.05, 4.69) is 10.3 Å². The van der Waals surface area contributed by atoms with Gasteiger partial charge in [-0.25, -0.2) is 27.3 Å². The number of rotatable bonds is 4. The molecule has 0 amide bonds. The highest BCUT2D eigenvalue weighted by Gasteiger charge is 2.25. The van der Waals surface area contributed by atoms with Gasteiger partial charge in [-0.2, -0.15) is 0 Å². The van der Waals surface area contributed by atoms with E-state index in [9.17, 15) is 27.2 Å². The van der Waals surface area contributed by atoms with Crippen LogP contribution in [0, 0.1) is 23.3 Å². The highest BCUT2D eigenvalue weighted by Crippen LogP contribution is 2.31.